The van der Waals surface area contributed by atoms with Crippen molar-refractivity contribution in [3.63, 3.8) is 0 Å². The van der Waals surface area contributed by atoms with Gasteiger partial charge in [-0.3, -0.25) is 9.78 Å². The van der Waals surface area contributed by atoms with Crippen LogP contribution in [0.4, 0.5) is 4.79 Å². The number of hydrogen-bond donors (Lipinski definition) is 1. The highest BCUT2D eigenvalue weighted by Gasteiger charge is 2.42. The maximum absolute atomic E-state index is 12.9. The van der Waals surface area contributed by atoms with Crippen molar-refractivity contribution in [3.05, 3.63) is 88.2 Å². The Morgan fingerprint density at radius 3 is 2.25 bits per heavy atom. The number of likely N-dealkylation sites (tertiary alicyclic amines) is 1. The fraction of sp³-hybridized carbons (Fsp3) is 0.240. The molecule has 0 bridgehead atoms. The van der Waals surface area contributed by atoms with Crippen molar-refractivity contribution in [2.24, 2.45) is 5.92 Å². The maximum Gasteiger partial charge on any atom is 0.409 e. The van der Waals surface area contributed by atoms with Gasteiger partial charge in [-0.15, -0.1) is 0 Å². The minimum absolute atomic E-state index is 0.0341. The number of aromatic nitrogens is 1. The third-order valence-corrected chi connectivity index (χ3v) is 6.83. The number of rotatable bonds is 4. The van der Waals surface area contributed by atoms with E-state index in [1.165, 1.54) is 4.90 Å². The second-order valence-electron chi connectivity index (χ2n) is 8.16. The molecule has 2 aromatic carbocycles. The Labute approximate surface area is 194 Å². The first-order valence-corrected chi connectivity index (χ1v) is 11.3. The molecule has 2 atom stereocenters. The van der Waals surface area contributed by atoms with E-state index in [1.54, 1.807) is 12.3 Å². The van der Waals surface area contributed by atoms with E-state index in [4.69, 9.17) is 4.74 Å². The van der Waals surface area contributed by atoms with E-state index in [9.17, 15) is 14.7 Å². The zero-order valence-corrected chi connectivity index (χ0v) is 18.7. The van der Waals surface area contributed by atoms with Gasteiger partial charge in [-0.1, -0.05) is 48.5 Å². The Morgan fingerprint density at radius 1 is 1.00 bits per heavy atom. The van der Waals surface area contributed by atoms with Gasteiger partial charge in [-0.25, -0.2) is 4.79 Å². The smallest absolute Gasteiger partial charge is 0.409 e. The number of carbonyl (C=O) groups excluding carboxylic acids is 1. The summed E-state index contributed by atoms with van der Waals surface area (Å²) < 4.78 is 6.54. The zero-order chi connectivity index (χ0) is 22.2. The van der Waals surface area contributed by atoms with Gasteiger partial charge in [0, 0.05) is 41.3 Å². The molecule has 2 aliphatic rings. The molecule has 0 radical (unpaired) electrons. The quantitative estimate of drug-likeness (QED) is 0.560. The molecule has 1 fully saturated rings. The number of ether oxygens (including phenoxy) is 1. The number of benzene rings is 2. The molecule has 2 heterocycles. The average molecular weight is 493 g/mol. The van der Waals surface area contributed by atoms with Crippen molar-refractivity contribution < 1.29 is 19.4 Å². The van der Waals surface area contributed by atoms with Crippen LogP contribution in [0.2, 0.25) is 0 Å². The summed E-state index contributed by atoms with van der Waals surface area (Å²) in [5.41, 5.74) is 5.27. The first kappa shape index (κ1) is 20.7. The highest BCUT2D eigenvalue weighted by atomic mass is 79.9. The first-order valence-electron chi connectivity index (χ1n) is 10.5. The topological polar surface area (TPSA) is 79.7 Å². The summed E-state index contributed by atoms with van der Waals surface area (Å²) in [6.45, 7) is 0.582. The lowest BCUT2D eigenvalue weighted by atomic mass is 9.93. The molecule has 5 rings (SSSR count). The zero-order valence-electron chi connectivity index (χ0n) is 17.1. The third-order valence-electron chi connectivity index (χ3n) is 6.36. The van der Waals surface area contributed by atoms with Crippen molar-refractivity contribution in [3.8, 4) is 11.1 Å². The standard InChI is InChI=1S/C25H21BrN2O4/c26-15-9-10-23(27-11-15)20-12-28(13-21(20)24(29)30)25(31)32-14-22-18-7-3-1-5-16(18)17-6-2-4-8-19(17)22/h1-11,20-22H,12-14H2,(H,29,30). The largest absolute Gasteiger partial charge is 0.481 e. The third kappa shape index (κ3) is 3.66. The minimum Gasteiger partial charge on any atom is -0.481 e. The lowest BCUT2D eigenvalue weighted by Gasteiger charge is -2.19. The molecule has 1 amide bonds. The summed E-state index contributed by atoms with van der Waals surface area (Å²) in [5, 5.41) is 9.70. The Morgan fingerprint density at radius 2 is 1.66 bits per heavy atom. The van der Waals surface area contributed by atoms with Gasteiger partial charge in [0.15, 0.2) is 0 Å². The molecular formula is C25H21BrN2O4. The van der Waals surface area contributed by atoms with Crippen LogP contribution in [0.3, 0.4) is 0 Å². The normalized spacial score (nSPS) is 19.5. The number of hydrogen-bond acceptors (Lipinski definition) is 4. The van der Waals surface area contributed by atoms with Crippen LogP contribution in [-0.2, 0) is 9.53 Å². The summed E-state index contributed by atoms with van der Waals surface area (Å²) >= 11 is 3.35. The lowest BCUT2D eigenvalue weighted by molar-refractivity contribution is -0.141. The lowest BCUT2D eigenvalue weighted by Crippen LogP contribution is -2.31. The molecule has 0 saturated carbocycles. The fourth-order valence-electron chi connectivity index (χ4n) is 4.79. The Hall–Kier alpha value is -3.19. The number of aliphatic carboxylic acids is 1. The fourth-order valence-corrected chi connectivity index (χ4v) is 5.03. The van der Waals surface area contributed by atoms with Gasteiger partial charge < -0.3 is 14.7 Å². The minimum atomic E-state index is -0.936. The summed E-state index contributed by atoms with van der Waals surface area (Å²) in [4.78, 5) is 30.6. The van der Waals surface area contributed by atoms with Gasteiger partial charge >= 0.3 is 12.1 Å². The van der Waals surface area contributed by atoms with Gasteiger partial charge in [0.25, 0.3) is 0 Å². The molecule has 32 heavy (non-hydrogen) atoms. The highest BCUT2D eigenvalue weighted by Crippen LogP contribution is 2.44. The number of amides is 1. The molecule has 1 aliphatic heterocycles. The number of pyridine rings is 1. The molecule has 1 aromatic heterocycles. The van der Waals surface area contributed by atoms with Gasteiger partial charge in [0.1, 0.15) is 6.61 Å². The van der Waals surface area contributed by atoms with Gasteiger partial charge in [0.05, 0.1) is 5.92 Å². The number of carboxylic acids is 1. The number of fused-ring (bicyclic) bond motifs is 3. The van der Waals surface area contributed by atoms with Crippen LogP contribution in [-0.4, -0.2) is 46.7 Å². The van der Waals surface area contributed by atoms with Gasteiger partial charge in [-0.2, -0.15) is 0 Å². The van der Waals surface area contributed by atoms with Crippen LogP contribution < -0.4 is 0 Å². The van der Waals surface area contributed by atoms with E-state index in [2.05, 4.69) is 45.2 Å². The molecule has 0 spiro atoms. The molecule has 2 unspecified atom stereocenters. The SMILES string of the molecule is O=C(O)C1CN(C(=O)OCC2c3ccccc3-c3ccccc32)CC1c1ccc(Br)cn1. The molecule has 162 valence electrons. The Bertz CT molecular complexity index is 1140. The summed E-state index contributed by atoms with van der Waals surface area (Å²) in [6, 6.07) is 19.9. The van der Waals surface area contributed by atoms with Crippen LogP contribution >= 0.6 is 15.9 Å². The molecule has 6 nitrogen and oxygen atoms in total. The van der Waals surface area contributed by atoms with Crippen LogP contribution in [0.1, 0.15) is 28.7 Å². The van der Waals surface area contributed by atoms with Crippen LogP contribution in [0, 0.1) is 5.92 Å². The number of carboxylic acid groups (broad SMARTS) is 1. The number of nitrogens with zero attached hydrogens (tertiary/aromatic N) is 2. The van der Waals surface area contributed by atoms with E-state index in [-0.39, 0.29) is 31.5 Å². The summed E-state index contributed by atoms with van der Waals surface area (Å²) in [5.74, 6) is -2.06. The van der Waals surface area contributed by atoms with E-state index in [0.717, 1.165) is 26.7 Å². The van der Waals surface area contributed by atoms with Crippen LogP contribution in [0.25, 0.3) is 11.1 Å². The van der Waals surface area contributed by atoms with Crippen molar-refractivity contribution in [1.82, 2.24) is 9.88 Å². The second-order valence-corrected chi connectivity index (χ2v) is 9.08. The summed E-state index contributed by atoms with van der Waals surface area (Å²) in [6.07, 6.45) is 1.15. The second kappa shape index (κ2) is 8.39. The predicted octanol–water partition coefficient (Wildman–Crippen LogP) is 4.89. The van der Waals surface area contributed by atoms with E-state index in [0.29, 0.717) is 5.69 Å². The highest BCUT2D eigenvalue weighted by molar-refractivity contribution is 9.10. The molecule has 3 aromatic rings. The van der Waals surface area contributed by atoms with Crippen molar-refractivity contribution in [1.29, 1.82) is 0 Å². The molecule has 7 heteroatoms. The predicted molar refractivity (Wildman–Crippen MR) is 122 cm³/mol. The molecule has 1 aliphatic carbocycles. The summed E-state index contributed by atoms with van der Waals surface area (Å²) in [7, 11) is 0. The van der Waals surface area contributed by atoms with Crippen LogP contribution in [0.15, 0.2) is 71.3 Å². The molecule has 1 N–H and O–H groups in total. The van der Waals surface area contributed by atoms with Crippen molar-refractivity contribution in [2.45, 2.75) is 11.8 Å². The van der Waals surface area contributed by atoms with E-state index < -0.39 is 18.0 Å². The average Bonchev–Trinajstić information content (AvgIpc) is 3.39. The van der Waals surface area contributed by atoms with Gasteiger partial charge in [0.2, 0.25) is 0 Å². The van der Waals surface area contributed by atoms with Crippen molar-refractivity contribution in [2.75, 3.05) is 19.7 Å². The Balaban J connectivity index is 1.32. The molecular weight excluding hydrogens is 472 g/mol. The molecule has 1 saturated heterocycles. The van der Waals surface area contributed by atoms with Gasteiger partial charge in [-0.05, 0) is 50.3 Å². The number of halogens is 1. The number of carbonyl (C=O) groups is 2. The van der Waals surface area contributed by atoms with E-state index in [1.807, 2.05) is 30.3 Å². The Kier molecular flexibility index (Phi) is 5.43. The van der Waals surface area contributed by atoms with E-state index >= 15 is 0 Å². The maximum atomic E-state index is 12.9. The monoisotopic (exact) mass is 492 g/mol. The van der Waals surface area contributed by atoms with Crippen molar-refractivity contribution >= 4 is 28.0 Å². The first-order chi connectivity index (χ1) is 15.5. The van der Waals surface area contributed by atoms with Crippen LogP contribution in [0.5, 0.6) is 0 Å².